The maximum atomic E-state index is 13.0. The number of carbonyl (C=O) groups excluding carboxylic acids is 2. The number of sulfonamides is 1. The summed E-state index contributed by atoms with van der Waals surface area (Å²) in [7, 11) is -0.934. The van der Waals surface area contributed by atoms with Gasteiger partial charge < -0.3 is 4.74 Å². The number of anilines is 1. The lowest BCUT2D eigenvalue weighted by Gasteiger charge is -2.21. The van der Waals surface area contributed by atoms with Crippen molar-refractivity contribution in [2.24, 2.45) is 0 Å². The molecule has 1 aliphatic heterocycles. The van der Waals surface area contributed by atoms with E-state index in [0.29, 0.717) is 0 Å². The summed E-state index contributed by atoms with van der Waals surface area (Å²) in [5.74, 6) is -0.473. The molecular weight excluding hydrogens is 368 g/mol. The van der Waals surface area contributed by atoms with E-state index < -0.39 is 10.0 Å². The third kappa shape index (κ3) is 3.72. The number of methoxy groups -OCH3 is 1. The van der Waals surface area contributed by atoms with Gasteiger partial charge in [0.05, 0.1) is 17.7 Å². The Kier molecular flexibility index (Phi) is 5.29. The predicted molar refractivity (Wildman–Crippen MR) is 99.8 cm³/mol. The Labute approximate surface area is 158 Å². The van der Waals surface area contributed by atoms with Crippen LogP contribution in [0.3, 0.4) is 0 Å². The molecule has 1 saturated heterocycles. The first-order chi connectivity index (χ1) is 12.8. The molecule has 1 aliphatic rings. The van der Waals surface area contributed by atoms with Crippen LogP contribution < -0.4 is 9.64 Å². The van der Waals surface area contributed by atoms with Crippen molar-refractivity contribution in [2.45, 2.75) is 24.3 Å². The van der Waals surface area contributed by atoms with Gasteiger partial charge in [0.15, 0.2) is 0 Å². The van der Waals surface area contributed by atoms with Crippen molar-refractivity contribution in [3.05, 3.63) is 54.1 Å². The molecule has 3 rings (SSSR count). The highest BCUT2D eigenvalue weighted by atomic mass is 32.2. The molecule has 0 radical (unpaired) electrons. The normalized spacial score (nSPS) is 14.9. The smallest absolute Gasteiger partial charge is 0.243 e. The van der Waals surface area contributed by atoms with Crippen molar-refractivity contribution in [3.8, 4) is 5.75 Å². The van der Waals surface area contributed by atoms with Gasteiger partial charge in [-0.25, -0.2) is 13.3 Å². The van der Waals surface area contributed by atoms with E-state index in [9.17, 15) is 18.0 Å². The fourth-order valence-corrected chi connectivity index (χ4v) is 4.14. The number of imide groups is 1. The van der Waals surface area contributed by atoms with Crippen LogP contribution in [0.15, 0.2) is 53.4 Å². The van der Waals surface area contributed by atoms with Gasteiger partial charge >= 0.3 is 0 Å². The minimum Gasteiger partial charge on any atom is -0.495 e. The fourth-order valence-electron chi connectivity index (χ4n) is 2.96. The van der Waals surface area contributed by atoms with Crippen LogP contribution >= 0.6 is 0 Å². The summed E-state index contributed by atoms with van der Waals surface area (Å²) in [6.45, 7) is 0.201. The van der Waals surface area contributed by atoms with E-state index in [0.717, 1.165) is 10.5 Å². The van der Waals surface area contributed by atoms with Crippen LogP contribution in [0.2, 0.25) is 0 Å². The van der Waals surface area contributed by atoms with Crippen LogP contribution in [0.1, 0.15) is 18.4 Å². The fraction of sp³-hybridized carbons (Fsp3) is 0.263. The highest BCUT2D eigenvalue weighted by Gasteiger charge is 2.33. The maximum Gasteiger partial charge on any atom is 0.243 e. The van der Waals surface area contributed by atoms with Crippen molar-refractivity contribution in [1.29, 1.82) is 0 Å². The van der Waals surface area contributed by atoms with Gasteiger partial charge in [0.1, 0.15) is 5.75 Å². The number of hydrogen-bond donors (Lipinski definition) is 0. The van der Waals surface area contributed by atoms with E-state index >= 15 is 0 Å². The van der Waals surface area contributed by atoms with E-state index in [1.807, 2.05) is 30.3 Å². The molecule has 1 heterocycles. The largest absolute Gasteiger partial charge is 0.495 e. The van der Waals surface area contributed by atoms with Gasteiger partial charge in [0, 0.05) is 26.4 Å². The van der Waals surface area contributed by atoms with E-state index in [-0.39, 0.29) is 47.5 Å². The number of nitrogens with zero attached hydrogens (tertiary/aromatic N) is 2. The van der Waals surface area contributed by atoms with Crippen LogP contribution in [0.4, 0.5) is 5.69 Å². The maximum absolute atomic E-state index is 13.0. The second-order valence-electron chi connectivity index (χ2n) is 6.20. The predicted octanol–water partition coefficient (Wildman–Crippen LogP) is 2.17. The first-order valence-electron chi connectivity index (χ1n) is 8.38. The van der Waals surface area contributed by atoms with Crippen LogP contribution in [0, 0.1) is 0 Å². The Morgan fingerprint density at radius 1 is 1.04 bits per heavy atom. The Balaban J connectivity index is 1.97. The molecule has 7 nitrogen and oxygen atoms in total. The third-order valence-corrected chi connectivity index (χ3v) is 6.20. The second kappa shape index (κ2) is 7.50. The van der Waals surface area contributed by atoms with Gasteiger partial charge in [-0.2, -0.15) is 4.31 Å². The summed E-state index contributed by atoms with van der Waals surface area (Å²) in [4.78, 5) is 25.1. The van der Waals surface area contributed by atoms with Gasteiger partial charge in [0.2, 0.25) is 21.8 Å². The summed E-state index contributed by atoms with van der Waals surface area (Å²) in [6.07, 6.45) is 0.208. The Morgan fingerprint density at radius 3 is 2.26 bits per heavy atom. The van der Waals surface area contributed by atoms with Gasteiger partial charge in [-0.15, -0.1) is 0 Å². The highest BCUT2D eigenvalue weighted by Crippen LogP contribution is 2.35. The summed E-state index contributed by atoms with van der Waals surface area (Å²) in [6, 6.07) is 13.4. The number of benzene rings is 2. The minimum atomic E-state index is -3.82. The van der Waals surface area contributed by atoms with Crippen LogP contribution in [0.5, 0.6) is 5.75 Å². The molecule has 0 N–H and O–H groups in total. The minimum absolute atomic E-state index is 0.00997. The van der Waals surface area contributed by atoms with Crippen LogP contribution in [0.25, 0.3) is 0 Å². The first kappa shape index (κ1) is 19.1. The van der Waals surface area contributed by atoms with Gasteiger partial charge in [0.25, 0.3) is 0 Å². The zero-order chi connectivity index (χ0) is 19.6. The standard InChI is InChI=1S/C19H20N2O5S/c1-20(13-14-6-4-3-5-7-14)27(24,25)15-8-9-17(26-2)16(12-15)21-18(22)10-11-19(21)23/h3-9,12H,10-11,13H2,1-2H3. The van der Waals surface area contributed by atoms with Crippen LogP contribution in [-0.4, -0.2) is 38.7 Å². The zero-order valence-corrected chi connectivity index (χ0v) is 15.9. The number of amides is 2. The second-order valence-corrected chi connectivity index (χ2v) is 8.25. The number of carbonyl (C=O) groups is 2. The Bertz CT molecular complexity index is 957. The van der Waals surface area contributed by atoms with Crippen molar-refractivity contribution in [1.82, 2.24) is 4.31 Å². The molecule has 0 spiro atoms. The molecule has 0 saturated carbocycles. The molecule has 0 aromatic heterocycles. The van der Waals surface area contributed by atoms with Crippen molar-refractivity contribution in [2.75, 3.05) is 19.1 Å². The van der Waals surface area contributed by atoms with Crippen LogP contribution in [-0.2, 0) is 26.2 Å². The first-order valence-corrected chi connectivity index (χ1v) is 9.82. The molecule has 8 heteroatoms. The van der Waals surface area contributed by atoms with Gasteiger partial charge in [-0.05, 0) is 23.8 Å². The average Bonchev–Trinajstić information content (AvgIpc) is 3.00. The molecule has 2 amide bonds. The molecule has 2 aromatic carbocycles. The lowest BCUT2D eigenvalue weighted by molar-refractivity contribution is -0.121. The third-order valence-electron chi connectivity index (χ3n) is 4.40. The molecule has 0 aliphatic carbocycles. The highest BCUT2D eigenvalue weighted by molar-refractivity contribution is 7.89. The molecule has 1 fully saturated rings. The molecule has 0 unspecified atom stereocenters. The molecule has 142 valence electrons. The molecule has 0 atom stereocenters. The molecular formula is C19H20N2O5S. The summed E-state index contributed by atoms with van der Waals surface area (Å²) < 4.78 is 32.4. The number of ether oxygens (including phenoxy) is 1. The Morgan fingerprint density at radius 2 is 1.67 bits per heavy atom. The SMILES string of the molecule is COc1ccc(S(=O)(=O)N(C)Cc2ccccc2)cc1N1C(=O)CCC1=O. The molecule has 0 bridgehead atoms. The average molecular weight is 388 g/mol. The number of rotatable bonds is 6. The monoisotopic (exact) mass is 388 g/mol. The van der Waals surface area contributed by atoms with Gasteiger partial charge in [-0.3, -0.25) is 9.59 Å². The van der Waals surface area contributed by atoms with E-state index in [1.54, 1.807) is 0 Å². The summed E-state index contributed by atoms with van der Waals surface area (Å²) in [5, 5.41) is 0. The number of hydrogen-bond acceptors (Lipinski definition) is 5. The summed E-state index contributed by atoms with van der Waals surface area (Å²) in [5.41, 5.74) is 1.00. The van der Waals surface area contributed by atoms with Crippen molar-refractivity contribution >= 4 is 27.5 Å². The van der Waals surface area contributed by atoms with Crippen molar-refractivity contribution < 1.29 is 22.7 Å². The van der Waals surface area contributed by atoms with Crippen molar-refractivity contribution in [3.63, 3.8) is 0 Å². The quantitative estimate of drug-likeness (QED) is 0.708. The van der Waals surface area contributed by atoms with E-state index in [2.05, 4.69) is 0 Å². The zero-order valence-electron chi connectivity index (χ0n) is 15.1. The Hall–Kier alpha value is -2.71. The van der Waals surface area contributed by atoms with E-state index in [1.165, 1.54) is 36.7 Å². The molecule has 27 heavy (non-hydrogen) atoms. The molecule has 2 aromatic rings. The van der Waals surface area contributed by atoms with Gasteiger partial charge in [-0.1, -0.05) is 30.3 Å². The van der Waals surface area contributed by atoms with E-state index in [4.69, 9.17) is 4.74 Å². The lowest BCUT2D eigenvalue weighted by Crippen LogP contribution is -2.30. The topological polar surface area (TPSA) is 84.0 Å². The lowest BCUT2D eigenvalue weighted by atomic mass is 10.2. The summed E-state index contributed by atoms with van der Waals surface area (Å²) >= 11 is 0.